The summed E-state index contributed by atoms with van der Waals surface area (Å²) in [7, 11) is 0. The zero-order valence-corrected chi connectivity index (χ0v) is 14.1. The van der Waals surface area contributed by atoms with E-state index in [1.54, 1.807) is 12.3 Å². The predicted molar refractivity (Wildman–Crippen MR) is 78.8 cm³/mol. The van der Waals surface area contributed by atoms with Gasteiger partial charge in [-0.3, -0.25) is 0 Å². The Hall–Kier alpha value is -0.170. The van der Waals surface area contributed by atoms with E-state index >= 15 is 0 Å². The van der Waals surface area contributed by atoms with Crippen LogP contribution in [0.2, 0.25) is 5.02 Å². The quantitative estimate of drug-likeness (QED) is 0.517. The maximum atomic E-state index is 13.4. The highest BCUT2D eigenvalue weighted by atomic mass is 79.9. The molecule has 94 valence electrons. The molecule has 2 aromatic rings. The monoisotopic (exact) mass is 457 g/mol. The van der Waals surface area contributed by atoms with Gasteiger partial charge in [0.25, 0.3) is 0 Å². The molecule has 0 spiro atoms. The van der Waals surface area contributed by atoms with Crippen LogP contribution in [0.1, 0.15) is 0 Å². The molecule has 18 heavy (non-hydrogen) atoms. The van der Waals surface area contributed by atoms with E-state index < -0.39 is 5.82 Å². The highest BCUT2D eigenvalue weighted by molar-refractivity contribution is 9.11. The summed E-state index contributed by atoms with van der Waals surface area (Å²) in [5, 5.41) is 0.0251. The van der Waals surface area contributed by atoms with Crippen LogP contribution in [0.25, 0.3) is 0 Å². The van der Waals surface area contributed by atoms with E-state index in [-0.39, 0.29) is 5.02 Å². The van der Waals surface area contributed by atoms with Crippen LogP contribution in [-0.2, 0) is 0 Å². The van der Waals surface area contributed by atoms with Crippen LogP contribution < -0.4 is 4.74 Å². The van der Waals surface area contributed by atoms with Gasteiger partial charge in [0.15, 0.2) is 0 Å². The molecule has 0 aliphatic rings. The first-order valence-electron chi connectivity index (χ1n) is 4.61. The molecular weight excluding hydrogens is 456 g/mol. The first-order valence-corrected chi connectivity index (χ1v) is 7.36. The van der Waals surface area contributed by atoms with Crippen LogP contribution >= 0.6 is 59.4 Å². The average molecular weight is 460 g/mol. The van der Waals surface area contributed by atoms with Crippen molar-refractivity contribution in [2.24, 2.45) is 0 Å². The second-order valence-electron chi connectivity index (χ2n) is 3.24. The largest absolute Gasteiger partial charge is 0.437 e. The summed E-state index contributed by atoms with van der Waals surface area (Å²) in [6, 6.07) is 4.41. The molecule has 1 aromatic carbocycles. The van der Waals surface area contributed by atoms with Crippen LogP contribution in [0.3, 0.4) is 0 Å². The number of halogens is 5. The molecule has 7 heteroatoms. The number of hydrogen-bond acceptors (Lipinski definition) is 2. The number of aromatic nitrogens is 1. The smallest absolute Gasteiger partial charge is 0.233 e. The molecule has 1 aromatic heterocycles. The van der Waals surface area contributed by atoms with Crippen molar-refractivity contribution in [3.63, 3.8) is 0 Å². The molecule has 0 aliphatic carbocycles. The zero-order valence-electron chi connectivity index (χ0n) is 8.55. The summed E-state index contributed by atoms with van der Waals surface area (Å²) in [6.45, 7) is 0. The molecule has 0 fully saturated rings. The molecule has 0 aliphatic heterocycles. The Morgan fingerprint density at radius 1 is 1.11 bits per heavy atom. The Balaban J connectivity index is 2.37. The van der Waals surface area contributed by atoms with E-state index in [1.807, 2.05) is 0 Å². The molecule has 0 amide bonds. The third kappa shape index (κ3) is 3.23. The fraction of sp³-hybridized carbons (Fsp3) is 0. The van der Waals surface area contributed by atoms with Crippen LogP contribution in [0.5, 0.6) is 11.6 Å². The van der Waals surface area contributed by atoms with E-state index in [0.717, 1.165) is 4.47 Å². The van der Waals surface area contributed by atoms with E-state index in [1.165, 1.54) is 12.1 Å². The third-order valence-electron chi connectivity index (χ3n) is 1.96. The van der Waals surface area contributed by atoms with E-state index in [0.29, 0.717) is 20.6 Å². The van der Waals surface area contributed by atoms with Gasteiger partial charge in [0, 0.05) is 16.7 Å². The Bertz CT molecular complexity index is 609. The summed E-state index contributed by atoms with van der Waals surface area (Å²) in [5.41, 5.74) is 0. The maximum absolute atomic E-state index is 13.4. The number of nitrogens with zero attached hydrogens (tertiary/aromatic N) is 1. The fourth-order valence-electron chi connectivity index (χ4n) is 1.16. The summed E-state index contributed by atoms with van der Waals surface area (Å²) in [4.78, 5) is 4.07. The molecule has 0 atom stereocenters. The molecule has 2 rings (SSSR count). The van der Waals surface area contributed by atoms with Gasteiger partial charge in [0.1, 0.15) is 11.6 Å². The highest BCUT2D eigenvalue weighted by Gasteiger charge is 2.11. The first kappa shape index (κ1) is 14.2. The van der Waals surface area contributed by atoms with Gasteiger partial charge in [-0.25, -0.2) is 9.37 Å². The lowest BCUT2D eigenvalue weighted by Gasteiger charge is -2.09. The van der Waals surface area contributed by atoms with Crippen molar-refractivity contribution in [3.05, 3.63) is 48.7 Å². The lowest BCUT2D eigenvalue weighted by atomic mass is 10.3. The lowest BCUT2D eigenvalue weighted by Crippen LogP contribution is -1.91. The van der Waals surface area contributed by atoms with Crippen molar-refractivity contribution in [3.8, 4) is 11.6 Å². The van der Waals surface area contributed by atoms with Crippen molar-refractivity contribution >= 4 is 59.4 Å². The molecule has 2 nitrogen and oxygen atoms in total. The van der Waals surface area contributed by atoms with Gasteiger partial charge in [0.2, 0.25) is 5.88 Å². The molecule has 0 unspecified atom stereocenters. The van der Waals surface area contributed by atoms with Gasteiger partial charge < -0.3 is 4.74 Å². The third-order valence-corrected chi connectivity index (χ3v) is 3.87. The van der Waals surface area contributed by atoms with Gasteiger partial charge in [-0.2, -0.15) is 0 Å². The molecule has 0 saturated carbocycles. The van der Waals surface area contributed by atoms with Gasteiger partial charge in [-0.1, -0.05) is 11.6 Å². The van der Waals surface area contributed by atoms with E-state index in [4.69, 9.17) is 16.3 Å². The minimum atomic E-state index is -0.553. The van der Waals surface area contributed by atoms with Gasteiger partial charge in [0.05, 0.1) is 14.0 Å². The molecule has 0 bridgehead atoms. The van der Waals surface area contributed by atoms with Gasteiger partial charge >= 0.3 is 0 Å². The number of hydrogen-bond donors (Lipinski definition) is 0. The summed E-state index contributed by atoms with van der Waals surface area (Å²) in [5.74, 6) is 0.0798. The standard InChI is InChI=1S/C11H4Br3ClFNO/c12-5-1-7(14)11(17-4-5)18-10-3-9(16)8(15)2-6(10)13/h1-4H. The van der Waals surface area contributed by atoms with Crippen LogP contribution in [0, 0.1) is 5.82 Å². The van der Waals surface area contributed by atoms with Crippen LogP contribution in [0.15, 0.2) is 37.8 Å². The van der Waals surface area contributed by atoms with Gasteiger partial charge in [-0.05, 0) is 59.9 Å². The summed E-state index contributed by atoms with van der Waals surface area (Å²) >= 11 is 15.5. The fourth-order valence-corrected chi connectivity index (χ4v) is 2.95. The van der Waals surface area contributed by atoms with Crippen molar-refractivity contribution < 1.29 is 9.13 Å². The van der Waals surface area contributed by atoms with E-state index in [2.05, 4.69) is 52.8 Å². The topological polar surface area (TPSA) is 22.1 Å². The summed E-state index contributed by atoms with van der Waals surface area (Å²) in [6.07, 6.45) is 1.58. The van der Waals surface area contributed by atoms with Crippen LogP contribution in [0.4, 0.5) is 4.39 Å². The number of pyridine rings is 1. The second-order valence-corrected chi connectivity index (χ2v) is 6.27. The number of benzene rings is 1. The Morgan fingerprint density at radius 2 is 1.83 bits per heavy atom. The first-order chi connectivity index (χ1) is 8.47. The Morgan fingerprint density at radius 3 is 2.50 bits per heavy atom. The van der Waals surface area contributed by atoms with Crippen molar-refractivity contribution in [1.29, 1.82) is 0 Å². The minimum Gasteiger partial charge on any atom is -0.437 e. The molecule has 0 radical (unpaired) electrons. The predicted octanol–water partition coefficient (Wildman–Crippen LogP) is 5.95. The summed E-state index contributed by atoms with van der Waals surface area (Å²) < 4.78 is 20.9. The molecular formula is C11H4Br3ClFNO. The zero-order chi connectivity index (χ0) is 13.3. The number of ether oxygens (including phenoxy) is 1. The second kappa shape index (κ2) is 5.86. The van der Waals surface area contributed by atoms with Crippen molar-refractivity contribution in [1.82, 2.24) is 4.98 Å². The highest BCUT2D eigenvalue weighted by Crippen LogP contribution is 2.36. The molecule has 0 N–H and O–H groups in total. The molecule has 0 saturated heterocycles. The normalized spacial score (nSPS) is 10.5. The van der Waals surface area contributed by atoms with E-state index in [9.17, 15) is 4.39 Å². The lowest BCUT2D eigenvalue weighted by molar-refractivity contribution is 0.452. The maximum Gasteiger partial charge on any atom is 0.233 e. The SMILES string of the molecule is Fc1cc(Oc2ncc(Br)cc2Br)c(Br)cc1Cl. The van der Waals surface area contributed by atoms with Crippen molar-refractivity contribution in [2.45, 2.75) is 0 Å². The molecule has 1 heterocycles. The minimum absolute atomic E-state index is 0.0251. The Labute approximate surface area is 133 Å². The van der Waals surface area contributed by atoms with Crippen LogP contribution in [-0.4, -0.2) is 4.98 Å². The van der Waals surface area contributed by atoms with Crippen molar-refractivity contribution in [2.75, 3.05) is 0 Å². The van der Waals surface area contributed by atoms with Gasteiger partial charge in [-0.15, -0.1) is 0 Å². The number of rotatable bonds is 2. The Kier molecular flexibility index (Phi) is 4.64. The average Bonchev–Trinajstić information content (AvgIpc) is 2.29.